The summed E-state index contributed by atoms with van der Waals surface area (Å²) in [5, 5.41) is 3.60. The maximum atomic E-state index is 6.16. The van der Waals surface area contributed by atoms with Gasteiger partial charge in [0.05, 0.1) is 18.2 Å². The van der Waals surface area contributed by atoms with E-state index in [9.17, 15) is 0 Å². The molecular formula is C21H23NO3. The summed E-state index contributed by atoms with van der Waals surface area (Å²) >= 11 is 0. The molecule has 25 heavy (non-hydrogen) atoms. The first kappa shape index (κ1) is 16.0. The van der Waals surface area contributed by atoms with Crippen LogP contribution in [0.5, 0.6) is 11.5 Å². The standard InChI is InChI=1S/C21H23NO3/c1-12-11-21(2,3)22-14-10-9-13-18-15(23-4)7-6-8-16(18)25-20(24-5)19(13)17(12)14/h6-11,20,22H,1-5H3. The van der Waals surface area contributed by atoms with E-state index in [0.29, 0.717) is 0 Å². The highest BCUT2D eigenvalue weighted by atomic mass is 16.7. The van der Waals surface area contributed by atoms with Gasteiger partial charge >= 0.3 is 0 Å². The maximum Gasteiger partial charge on any atom is 0.227 e. The van der Waals surface area contributed by atoms with Crippen LogP contribution in [0.2, 0.25) is 0 Å². The highest BCUT2D eigenvalue weighted by Crippen LogP contribution is 2.51. The molecule has 4 heteroatoms. The number of benzene rings is 2. The van der Waals surface area contributed by atoms with Crippen LogP contribution in [0, 0.1) is 0 Å². The third-order valence-electron chi connectivity index (χ3n) is 4.84. The molecule has 0 aromatic heterocycles. The van der Waals surface area contributed by atoms with Gasteiger partial charge in [0.25, 0.3) is 0 Å². The molecule has 1 N–H and O–H groups in total. The molecule has 2 aromatic rings. The Bertz CT molecular complexity index is 883. The minimum Gasteiger partial charge on any atom is -0.496 e. The van der Waals surface area contributed by atoms with Crippen LogP contribution in [0.25, 0.3) is 16.7 Å². The number of hydrogen-bond acceptors (Lipinski definition) is 4. The summed E-state index contributed by atoms with van der Waals surface area (Å²) < 4.78 is 17.4. The van der Waals surface area contributed by atoms with Crippen molar-refractivity contribution in [2.45, 2.75) is 32.6 Å². The van der Waals surface area contributed by atoms with Crippen molar-refractivity contribution in [1.29, 1.82) is 0 Å². The zero-order chi connectivity index (χ0) is 17.8. The zero-order valence-electron chi connectivity index (χ0n) is 15.3. The van der Waals surface area contributed by atoms with Gasteiger partial charge in [-0.15, -0.1) is 0 Å². The smallest absolute Gasteiger partial charge is 0.227 e. The van der Waals surface area contributed by atoms with E-state index in [1.807, 2.05) is 18.2 Å². The molecule has 1 atom stereocenters. The number of rotatable bonds is 2. The lowest BCUT2D eigenvalue weighted by molar-refractivity contribution is -0.0580. The summed E-state index contributed by atoms with van der Waals surface area (Å²) in [6.45, 7) is 6.48. The van der Waals surface area contributed by atoms with Gasteiger partial charge in [-0.2, -0.15) is 0 Å². The Hall–Kier alpha value is -2.46. The third kappa shape index (κ3) is 2.40. The first-order valence-corrected chi connectivity index (χ1v) is 8.47. The van der Waals surface area contributed by atoms with Gasteiger partial charge in [-0.3, -0.25) is 0 Å². The highest BCUT2D eigenvalue weighted by molar-refractivity contribution is 5.91. The number of methoxy groups -OCH3 is 2. The Morgan fingerprint density at radius 2 is 1.88 bits per heavy atom. The minimum atomic E-state index is -0.448. The van der Waals surface area contributed by atoms with Crippen LogP contribution in [0.15, 0.2) is 36.4 Å². The van der Waals surface area contributed by atoms with Crippen LogP contribution in [0.1, 0.15) is 38.2 Å². The quantitative estimate of drug-likeness (QED) is 0.836. The van der Waals surface area contributed by atoms with Gasteiger partial charge in [0, 0.05) is 23.9 Å². The zero-order valence-corrected chi connectivity index (χ0v) is 15.3. The van der Waals surface area contributed by atoms with E-state index in [1.54, 1.807) is 14.2 Å². The molecule has 2 heterocycles. The Morgan fingerprint density at radius 1 is 1.08 bits per heavy atom. The summed E-state index contributed by atoms with van der Waals surface area (Å²) in [7, 11) is 3.36. The van der Waals surface area contributed by atoms with Crippen molar-refractivity contribution in [2.24, 2.45) is 0 Å². The molecule has 1 unspecified atom stereocenters. The van der Waals surface area contributed by atoms with E-state index < -0.39 is 6.29 Å². The van der Waals surface area contributed by atoms with Crippen molar-refractivity contribution in [1.82, 2.24) is 0 Å². The van der Waals surface area contributed by atoms with Gasteiger partial charge in [0.2, 0.25) is 6.29 Å². The second-order valence-corrected chi connectivity index (χ2v) is 7.14. The number of anilines is 1. The molecule has 4 rings (SSSR count). The molecule has 0 bridgehead atoms. The van der Waals surface area contributed by atoms with Crippen molar-refractivity contribution in [3.05, 3.63) is 47.5 Å². The van der Waals surface area contributed by atoms with Crippen molar-refractivity contribution in [2.75, 3.05) is 19.5 Å². The van der Waals surface area contributed by atoms with Crippen molar-refractivity contribution in [3.8, 4) is 22.6 Å². The molecule has 0 saturated heterocycles. The molecule has 0 radical (unpaired) electrons. The first-order chi connectivity index (χ1) is 11.9. The van der Waals surface area contributed by atoms with Crippen molar-refractivity contribution >= 4 is 11.3 Å². The number of ether oxygens (including phenoxy) is 3. The number of nitrogens with one attached hydrogen (secondary N) is 1. The molecule has 2 aliphatic rings. The average molecular weight is 337 g/mol. The minimum absolute atomic E-state index is 0.0843. The van der Waals surface area contributed by atoms with E-state index in [2.05, 4.69) is 44.3 Å². The van der Waals surface area contributed by atoms with Gasteiger partial charge in [-0.1, -0.05) is 18.2 Å². The Kier molecular flexibility index (Phi) is 3.55. The molecule has 0 spiro atoms. The topological polar surface area (TPSA) is 39.7 Å². The van der Waals surface area contributed by atoms with Crippen LogP contribution in [-0.4, -0.2) is 19.8 Å². The molecule has 2 aliphatic heterocycles. The summed E-state index contributed by atoms with van der Waals surface area (Å²) in [4.78, 5) is 0. The van der Waals surface area contributed by atoms with Crippen LogP contribution >= 0.6 is 0 Å². The molecule has 0 amide bonds. The van der Waals surface area contributed by atoms with E-state index >= 15 is 0 Å². The SMILES string of the molecule is COc1cccc2c1-c1ccc3c(c1C(OC)O2)C(C)=CC(C)(C)N3. The van der Waals surface area contributed by atoms with Crippen molar-refractivity contribution < 1.29 is 14.2 Å². The molecule has 0 saturated carbocycles. The first-order valence-electron chi connectivity index (χ1n) is 8.47. The molecule has 130 valence electrons. The lowest BCUT2D eigenvalue weighted by atomic mass is 9.83. The van der Waals surface area contributed by atoms with Gasteiger partial charge < -0.3 is 19.5 Å². The van der Waals surface area contributed by atoms with Gasteiger partial charge in [0.1, 0.15) is 11.5 Å². The number of hydrogen-bond donors (Lipinski definition) is 1. The van der Waals surface area contributed by atoms with E-state index in [-0.39, 0.29) is 5.54 Å². The second-order valence-electron chi connectivity index (χ2n) is 7.14. The Balaban J connectivity index is 2.03. The fourth-order valence-corrected chi connectivity index (χ4v) is 3.99. The van der Waals surface area contributed by atoms with E-state index in [1.165, 1.54) is 5.57 Å². The van der Waals surface area contributed by atoms with E-state index in [0.717, 1.165) is 39.4 Å². The largest absolute Gasteiger partial charge is 0.496 e. The third-order valence-corrected chi connectivity index (χ3v) is 4.84. The predicted octanol–water partition coefficient (Wildman–Crippen LogP) is 5.01. The molecular weight excluding hydrogens is 314 g/mol. The monoisotopic (exact) mass is 337 g/mol. The van der Waals surface area contributed by atoms with Gasteiger partial charge in [-0.05, 0) is 50.1 Å². The second kappa shape index (κ2) is 5.53. The van der Waals surface area contributed by atoms with Gasteiger partial charge in [-0.25, -0.2) is 0 Å². The van der Waals surface area contributed by atoms with Crippen LogP contribution < -0.4 is 14.8 Å². The number of allylic oxidation sites excluding steroid dienone is 1. The fourth-order valence-electron chi connectivity index (χ4n) is 3.99. The summed E-state index contributed by atoms with van der Waals surface area (Å²) in [5.41, 5.74) is 6.52. The lowest BCUT2D eigenvalue weighted by Gasteiger charge is -2.36. The van der Waals surface area contributed by atoms with Gasteiger partial charge in [0.15, 0.2) is 0 Å². The average Bonchev–Trinajstić information content (AvgIpc) is 2.58. The van der Waals surface area contributed by atoms with Crippen LogP contribution in [-0.2, 0) is 4.74 Å². The highest BCUT2D eigenvalue weighted by Gasteiger charge is 2.34. The van der Waals surface area contributed by atoms with Crippen LogP contribution in [0.3, 0.4) is 0 Å². The van der Waals surface area contributed by atoms with Crippen LogP contribution in [0.4, 0.5) is 5.69 Å². The predicted molar refractivity (Wildman–Crippen MR) is 100 cm³/mol. The Labute approximate surface area is 148 Å². The number of fused-ring (bicyclic) bond motifs is 5. The molecule has 4 nitrogen and oxygen atoms in total. The molecule has 0 fully saturated rings. The molecule has 2 aromatic carbocycles. The Morgan fingerprint density at radius 3 is 2.60 bits per heavy atom. The molecule has 0 aliphatic carbocycles. The normalized spacial score (nSPS) is 19.6. The fraction of sp³-hybridized carbons (Fsp3) is 0.333. The summed E-state index contributed by atoms with van der Waals surface area (Å²) in [6, 6.07) is 10.1. The maximum absolute atomic E-state index is 6.16. The van der Waals surface area contributed by atoms with Crippen molar-refractivity contribution in [3.63, 3.8) is 0 Å². The summed E-state index contributed by atoms with van der Waals surface area (Å²) in [6.07, 6.45) is 1.80. The summed E-state index contributed by atoms with van der Waals surface area (Å²) in [5.74, 6) is 1.59. The lowest BCUT2D eigenvalue weighted by Crippen LogP contribution is -2.32. The van der Waals surface area contributed by atoms with E-state index in [4.69, 9.17) is 14.2 Å².